The lowest BCUT2D eigenvalue weighted by Crippen LogP contribution is -2.40. The minimum Gasteiger partial charge on any atom is -0.481 e. The summed E-state index contributed by atoms with van der Waals surface area (Å²) in [5.41, 5.74) is 15.2. The summed E-state index contributed by atoms with van der Waals surface area (Å²) in [5, 5.41) is 10.2. The molecule has 10 rings (SSSR count). The lowest BCUT2D eigenvalue weighted by Gasteiger charge is -2.38. The number of aliphatic carboxylic acids is 1. The number of hydrogen-bond donors (Lipinski definition) is 3. The zero-order valence-corrected chi connectivity index (χ0v) is 38.7. The van der Waals surface area contributed by atoms with Crippen molar-refractivity contribution in [2.45, 2.75) is 78.6 Å². The van der Waals surface area contributed by atoms with Crippen LogP contribution < -0.4 is 25.7 Å². The molecule has 2 aliphatic rings. The Morgan fingerprint density at radius 3 is 1.79 bits per heavy atom. The van der Waals surface area contributed by atoms with Crippen molar-refractivity contribution in [2.75, 3.05) is 11.5 Å². The molecular weight excluding hydrogens is 857 g/mol. The third-order valence-corrected chi connectivity index (χ3v) is 15.1. The highest BCUT2D eigenvalue weighted by molar-refractivity contribution is 5.87. The number of aromatic nitrogens is 6. The first-order chi connectivity index (χ1) is 32.6. The molecule has 2 unspecified atom stereocenters. The van der Waals surface area contributed by atoms with E-state index < -0.39 is 22.2 Å². The van der Waals surface area contributed by atoms with E-state index in [1.54, 1.807) is 30.6 Å². The van der Waals surface area contributed by atoms with E-state index in [1.807, 2.05) is 141 Å². The van der Waals surface area contributed by atoms with Gasteiger partial charge < -0.3 is 30.8 Å². The first-order valence-electron chi connectivity index (χ1n) is 23.0. The summed E-state index contributed by atoms with van der Waals surface area (Å²) in [4.78, 5) is 45.6. The van der Waals surface area contributed by atoms with E-state index in [0.29, 0.717) is 58.7 Å². The van der Waals surface area contributed by atoms with Crippen LogP contribution in [0.2, 0.25) is 0 Å². The number of carbonyl (C=O) groups excluding carboxylic acids is 1. The fourth-order valence-corrected chi connectivity index (χ4v) is 10.4. The van der Waals surface area contributed by atoms with Gasteiger partial charge in [0, 0.05) is 53.8 Å². The smallest absolute Gasteiger partial charge is 0.317 e. The molecule has 0 amide bonds. The SMILES string of the molecule is CC(C)(C(=O)Oc1cccc(Oc2ccc(-c3nc([C@H]4CC[C@@](C)(C(=O)O)C4(C)C)n4ccnc(N)c34)cc2)c1)C1CCC(c2nc(-c3ccc(Oc4ccccc4)cc3)c3c(N)nccn23)C1. The number of para-hydroxylation sites is 1. The van der Waals surface area contributed by atoms with E-state index in [0.717, 1.165) is 59.0 Å². The lowest BCUT2D eigenvalue weighted by atomic mass is 9.65. The molecule has 8 aromatic rings. The summed E-state index contributed by atoms with van der Waals surface area (Å²) in [6, 6.07) is 32.1. The van der Waals surface area contributed by atoms with Crippen molar-refractivity contribution >= 4 is 34.6 Å². The van der Waals surface area contributed by atoms with E-state index in [-0.39, 0.29) is 23.7 Å². The minimum atomic E-state index is -0.903. The molecule has 0 radical (unpaired) electrons. The number of benzene rings is 4. The van der Waals surface area contributed by atoms with Gasteiger partial charge in [-0.15, -0.1) is 0 Å². The normalized spacial score (nSPS) is 20.2. The second-order valence-electron chi connectivity index (χ2n) is 19.5. The molecule has 5 N–H and O–H groups in total. The lowest BCUT2D eigenvalue weighted by molar-refractivity contribution is -0.153. The Balaban J connectivity index is 0.819. The maximum absolute atomic E-state index is 14.0. The average Bonchev–Trinajstić information content (AvgIpc) is 4.12. The Morgan fingerprint density at radius 2 is 1.21 bits per heavy atom. The standard InChI is InChI=1S/C54H54N8O6/c1-52(2,35-19-14-34(30-35)48-59-42(44-46(55)57-26-28-61(44)48)32-15-20-37(21-16-32)66-36-10-7-6-8-11-36)51(65)68-40-13-9-12-39(31-40)67-38-22-17-33(18-23-38)43-45-47(56)58-27-29-62(45)49(60-43)41-24-25-54(5,50(63)64)53(41,3)4/h6-13,15-18,20-23,26-29,31,34-35,41H,14,19,24-25,30H2,1-5H3,(H2,55,57)(H2,56,58)(H,63,64)/t34?,35?,41-,54+/m1/s1. The van der Waals surface area contributed by atoms with Crippen LogP contribution in [0, 0.1) is 22.2 Å². The second-order valence-corrected chi connectivity index (χ2v) is 19.5. The average molecular weight is 911 g/mol. The molecule has 0 bridgehead atoms. The number of rotatable bonds is 12. The first-order valence-corrected chi connectivity index (χ1v) is 23.0. The Kier molecular flexibility index (Phi) is 10.9. The highest BCUT2D eigenvalue weighted by Gasteiger charge is 2.57. The van der Waals surface area contributed by atoms with Crippen molar-refractivity contribution in [3.05, 3.63) is 140 Å². The molecule has 0 spiro atoms. The van der Waals surface area contributed by atoms with E-state index in [9.17, 15) is 14.7 Å². The third kappa shape index (κ3) is 7.63. The number of carboxylic acids is 1. The molecule has 2 fully saturated rings. The quantitative estimate of drug-likeness (QED) is 0.0776. The van der Waals surface area contributed by atoms with Gasteiger partial charge in [-0.05, 0) is 137 Å². The second kappa shape index (κ2) is 16.8. The van der Waals surface area contributed by atoms with Crippen molar-refractivity contribution < 1.29 is 28.9 Å². The number of anilines is 2. The van der Waals surface area contributed by atoms with Crippen LogP contribution in [0.5, 0.6) is 28.7 Å². The Morgan fingerprint density at radius 1 is 0.676 bits per heavy atom. The number of nitrogens with two attached hydrogens (primary N) is 2. The van der Waals surface area contributed by atoms with Gasteiger partial charge in [0.15, 0.2) is 0 Å². The van der Waals surface area contributed by atoms with Crippen LogP contribution in [-0.4, -0.2) is 45.8 Å². The summed E-state index contributed by atoms with van der Waals surface area (Å²) in [6.45, 7) is 9.76. The largest absolute Gasteiger partial charge is 0.481 e. The summed E-state index contributed by atoms with van der Waals surface area (Å²) >= 11 is 0. The first kappa shape index (κ1) is 44.1. The van der Waals surface area contributed by atoms with E-state index >= 15 is 0 Å². The van der Waals surface area contributed by atoms with Crippen molar-refractivity contribution in [2.24, 2.45) is 22.2 Å². The molecule has 346 valence electrons. The Bertz CT molecular complexity index is 3200. The van der Waals surface area contributed by atoms with Crippen LogP contribution in [0.3, 0.4) is 0 Å². The highest BCUT2D eigenvalue weighted by atomic mass is 16.5. The summed E-state index contributed by atoms with van der Waals surface area (Å²) < 4.78 is 22.4. The fourth-order valence-electron chi connectivity index (χ4n) is 10.4. The van der Waals surface area contributed by atoms with Crippen LogP contribution in [-0.2, 0) is 9.59 Å². The van der Waals surface area contributed by atoms with Crippen molar-refractivity contribution in [3.63, 3.8) is 0 Å². The number of imidazole rings is 2. The van der Waals surface area contributed by atoms with E-state index in [2.05, 4.69) is 9.97 Å². The third-order valence-electron chi connectivity index (χ3n) is 15.1. The monoisotopic (exact) mass is 910 g/mol. The van der Waals surface area contributed by atoms with Gasteiger partial charge in [-0.1, -0.05) is 38.1 Å². The molecule has 68 heavy (non-hydrogen) atoms. The zero-order chi connectivity index (χ0) is 47.5. The summed E-state index contributed by atoms with van der Waals surface area (Å²) in [5.74, 6) is 4.17. The topological polar surface area (TPSA) is 194 Å². The number of esters is 1. The van der Waals surface area contributed by atoms with Gasteiger partial charge in [-0.3, -0.25) is 18.4 Å². The number of nitrogen functional groups attached to an aromatic ring is 2. The molecule has 0 aliphatic heterocycles. The number of carbonyl (C=O) groups is 2. The molecule has 0 saturated heterocycles. The molecule has 2 saturated carbocycles. The number of carboxylic acid groups (broad SMARTS) is 1. The van der Waals surface area contributed by atoms with Gasteiger partial charge in [0.2, 0.25) is 0 Å². The molecule has 4 heterocycles. The Hall–Kier alpha value is -7.74. The van der Waals surface area contributed by atoms with Crippen LogP contribution in [0.1, 0.15) is 90.2 Å². The summed E-state index contributed by atoms with van der Waals surface area (Å²) in [6.07, 6.45) is 10.7. The van der Waals surface area contributed by atoms with Crippen LogP contribution >= 0.6 is 0 Å². The van der Waals surface area contributed by atoms with Gasteiger partial charge in [0.25, 0.3) is 0 Å². The van der Waals surface area contributed by atoms with Gasteiger partial charge in [0.1, 0.15) is 74.5 Å². The van der Waals surface area contributed by atoms with Crippen LogP contribution in [0.25, 0.3) is 33.5 Å². The molecule has 14 heteroatoms. The highest BCUT2D eigenvalue weighted by Crippen LogP contribution is 2.60. The number of hydrogen-bond acceptors (Lipinski definition) is 11. The fraction of sp³-hybridized carbons (Fsp3) is 0.296. The number of ether oxygens (including phenoxy) is 3. The van der Waals surface area contributed by atoms with Crippen molar-refractivity contribution in [3.8, 4) is 51.3 Å². The maximum atomic E-state index is 14.0. The van der Waals surface area contributed by atoms with Gasteiger partial charge >= 0.3 is 11.9 Å². The molecule has 2 aliphatic carbocycles. The zero-order valence-electron chi connectivity index (χ0n) is 38.7. The molecule has 4 aromatic carbocycles. The minimum absolute atomic E-state index is 0.0339. The molecule has 14 nitrogen and oxygen atoms in total. The Labute approximate surface area is 394 Å². The van der Waals surface area contributed by atoms with E-state index in [1.165, 1.54) is 0 Å². The van der Waals surface area contributed by atoms with Crippen LogP contribution in [0.15, 0.2) is 128 Å². The predicted molar refractivity (Wildman–Crippen MR) is 260 cm³/mol. The maximum Gasteiger partial charge on any atom is 0.317 e. The predicted octanol–water partition coefficient (Wildman–Crippen LogP) is 11.4. The molecule has 4 atom stereocenters. The molecule has 4 aromatic heterocycles. The van der Waals surface area contributed by atoms with Crippen molar-refractivity contribution in [1.82, 2.24) is 28.7 Å². The molecular formula is C54H54N8O6. The van der Waals surface area contributed by atoms with Gasteiger partial charge in [0.05, 0.1) is 10.8 Å². The number of fused-ring (bicyclic) bond motifs is 2. The number of nitrogens with zero attached hydrogens (tertiary/aromatic N) is 6. The summed E-state index contributed by atoms with van der Waals surface area (Å²) in [7, 11) is 0. The van der Waals surface area contributed by atoms with E-state index in [4.69, 9.17) is 35.6 Å². The van der Waals surface area contributed by atoms with Crippen LogP contribution in [0.4, 0.5) is 11.6 Å². The van der Waals surface area contributed by atoms with Gasteiger partial charge in [-0.25, -0.2) is 19.9 Å². The van der Waals surface area contributed by atoms with Crippen molar-refractivity contribution in [1.29, 1.82) is 0 Å². The van der Waals surface area contributed by atoms with Gasteiger partial charge in [-0.2, -0.15) is 0 Å².